The van der Waals surface area contributed by atoms with Crippen LogP contribution in [0.2, 0.25) is 0 Å². The van der Waals surface area contributed by atoms with Gasteiger partial charge in [0.2, 0.25) is 0 Å². The molecule has 0 amide bonds. The fourth-order valence-electron chi connectivity index (χ4n) is 2.54. The van der Waals surface area contributed by atoms with Crippen LogP contribution in [0.3, 0.4) is 0 Å². The normalized spacial score (nSPS) is 11.0. The van der Waals surface area contributed by atoms with Crippen LogP contribution in [0.25, 0.3) is 10.8 Å². The molecule has 0 bridgehead atoms. The lowest BCUT2D eigenvalue weighted by atomic mass is 10.00. The van der Waals surface area contributed by atoms with E-state index in [9.17, 15) is 4.79 Å². The highest BCUT2D eigenvalue weighted by Gasteiger charge is 2.13. The van der Waals surface area contributed by atoms with Crippen molar-refractivity contribution in [2.75, 3.05) is 19.6 Å². The number of rotatable bonds is 4. The van der Waals surface area contributed by atoms with Gasteiger partial charge in [0.25, 0.3) is 0 Å². The second-order valence-corrected chi connectivity index (χ2v) is 7.70. The molecule has 2 nitrogen and oxygen atoms in total. The Hall–Kier alpha value is -2.26. The highest BCUT2D eigenvalue weighted by molar-refractivity contribution is 7.95. The summed E-state index contributed by atoms with van der Waals surface area (Å²) in [6, 6.07) is 19.6. The second-order valence-electron chi connectivity index (χ2n) is 5.60. The standard InChI is InChI=1S/C20H19O2S/c1-22-18-9-6-15-12-17(5-4-16(15)13-18)20(21)14-7-10-19(11-8-14)23(2)3/h4-13H,1-3H3/q+1. The molecule has 23 heavy (non-hydrogen) atoms. The highest BCUT2D eigenvalue weighted by atomic mass is 32.2. The van der Waals surface area contributed by atoms with Gasteiger partial charge in [-0.3, -0.25) is 4.79 Å². The molecule has 0 atom stereocenters. The van der Waals surface area contributed by atoms with Crippen molar-refractivity contribution in [2.24, 2.45) is 0 Å². The van der Waals surface area contributed by atoms with Crippen LogP contribution in [0.5, 0.6) is 5.75 Å². The average Bonchev–Trinajstić information content (AvgIpc) is 2.60. The lowest BCUT2D eigenvalue weighted by Gasteiger charge is -2.06. The number of carbonyl (C=O) groups excluding carboxylic acids is 1. The summed E-state index contributed by atoms with van der Waals surface area (Å²) in [7, 11) is 1.86. The largest absolute Gasteiger partial charge is 0.497 e. The van der Waals surface area contributed by atoms with Gasteiger partial charge in [-0.25, -0.2) is 0 Å². The molecule has 0 saturated heterocycles. The van der Waals surface area contributed by atoms with Crippen LogP contribution in [0, 0.1) is 0 Å². The molecule has 0 fully saturated rings. The van der Waals surface area contributed by atoms with Crippen molar-refractivity contribution in [1.29, 1.82) is 0 Å². The Kier molecular flexibility index (Phi) is 4.39. The predicted octanol–water partition coefficient (Wildman–Crippen LogP) is 4.32. The summed E-state index contributed by atoms with van der Waals surface area (Å²) in [5, 5.41) is 2.11. The molecular weight excluding hydrogens is 304 g/mol. The number of carbonyl (C=O) groups is 1. The monoisotopic (exact) mass is 323 g/mol. The van der Waals surface area contributed by atoms with Gasteiger partial charge in [-0.05, 0) is 53.2 Å². The minimum absolute atomic E-state index is 0.0568. The van der Waals surface area contributed by atoms with Crippen LogP contribution in [-0.4, -0.2) is 25.4 Å². The first kappa shape index (κ1) is 15.6. The second kappa shape index (κ2) is 6.47. The van der Waals surface area contributed by atoms with Crippen molar-refractivity contribution in [1.82, 2.24) is 0 Å². The van der Waals surface area contributed by atoms with Crippen molar-refractivity contribution >= 4 is 27.5 Å². The quantitative estimate of drug-likeness (QED) is 0.528. The van der Waals surface area contributed by atoms with E-state index in [4.69, 9.17) is 4.74 Å². The minimum Gasteiger partial charge on any atom is -0.497 e. The summed E-state index contributed by atoms with van der Waals surface area (Å²) in [6.07, 6.45) is 4.35. The van der Waals surface area contributed by atoms with Crippen molar-refractivity contribution in [3.8, 4) is 5.75 Å². The Labute approximate surface area is 139 Å². The van der Waals surface area contributed by atoms with E-state index < -0.39 is 0 Å². The van der Waals surface area contributed by atoms with Gasteiger partial charge >= 0.3 is 0 Å². The van der Waals surface area contributed by atoms with E-state index in [1.807, 2.05) is 60.7 Å². The predicted molar refractivity (Wildman–Crippen MR) is 97.9 cm³/mol. The molecular formula is C20H19O2S+. The smallest absolute Gasteiger partial charge is 0.193 e. The molecule has 0 aromatic heterocycles. The molecule has 0 saturated carbocycles. The SMILES string of the molecule is COc1ccc2cc(C(=O)c3ccc([S+](C)C)cc3)ccc2c1. The topological polar surface area (TPSA) is 26.3 Å². The molecule has 0 heterocycles. The van der Waals surface area contributed by atoms with Crippen LogP contribution in [0.1, 0.15) is 15.9 Å². The summed E-state index contributed by atoms with van der Waals surface area (Å²) < 4.78 is 5.23. The van der Waals surface area contributed by atoms with Gasteiger partial charge in [0.05, 0.1) is 7.11 Å². The summed E-state index contributed by atoms with van der Waals surface area (Å²) in [4.78, 5) is 13.9. The molecule has 3 rings (SSSR count). The first-order valence-electron chi connectivity index (χ1n) is 7.38. The molecule has 116 valence electrons. The van der Waals surface area contributed by atoms with Crippen molar-refractivity contribution in [2.45, 2.75) is 4.90 Å². The maximum atomic E-state index is 12.7. The molecule has 0 spiro atoms. The Morgan fingerprint density at radius 2 is 1.43 bits per heavy atom. The molecule has 3 aromatic rings. The molecule has 3 heteroatoms. The summed E-state index contributed by atoms with van der Waals surface area (Å²) in [5.74, 6) is 0.878. The Bertz CT molecular complexity index is 851. The molecule has 0 aliphatic carbocycles. The first-order valence-corrected chi connectivity index (χ1v) is 9.43. The van der Waals surface area contributed by atoms with Gasteiger partial charge in [-0.15, -0.1) is 0 Å². The van der Waals surface area contributed by atoms with Gasteiger partial charge < -0.3 is 4.74 Å². The molecule has 0 N–H and O–H groups in total. The number of methoxy groups -OCH3 is 1. The van der Waals surface area contributed by atoms with Crippen LogP contribution in [0.15, 0.2) is 65.6 Å². The van der Waals surface area contributed by atoms with Gasteiger partial charge in [-0.1, -0.05) is 18.2 Å². The van der Waals surface area contributed by atoms with E-state index in [0.717, 1.165) is 22.1 Å². The zero-order valence-electron chi connectivity index (χ0n) is 13.5. The van der Waals surface area contributed by atoms with E-state index >= 15 is 0 Å². The van der Waals surface area contributed by atoms with E-state index in [-0.39, 0.29) is 16.7 Å². The highest BCUT2D eigenvalue weighted by Crippen LogP contribution is 2.23. The maximum Gasteiger partial charge on any atom is 0.193 e. The number of ether oxygens (including phenoxy) is 1. The average molecular weight is 323 g/mol. The summed E-state index contributed by atoms with van der Waals surface area (Å²) in [6.45, 7) is 0. The Morgan fingerprint density at radius 1 is 0.826 bits per heavy atom. The van der Waals surface area contributed by atoms with Gasteiger partial charge in [0, 0.05) is 22.0 Å². The van der Waals surface area contributed by atoms with E-state index in [0.29, 0.717) is 5.56 Å². The van der Waals surface area contributed by atoms with Crippen LogP contribution in [-0.2, 0) is 10.9 Å². The fraction of sp³-hybridized carbons (Fsp3) is 0.150. The number of benzene rings is 3. The van der Waals surface area contributed by atoms with Crippen molar-refractivity contribution in [3.63, 3.8) is 0 Å². The number of fused-ring (bicyclic) bond motifs is 1. The van der Waals surface area contributed by atoms with Gasteiger partial charge in [0.15, 0.2) is 10.7 Å². The maximum absolute atomic E-state index is 12.7. The molecule has 3 aromatic carbocycles. The number of hydrogen-bond donors (Lipinski definition) is 0. The van der Waals surface area contributed by atoms with E-state index in [2.05, 4.69) is 12.5 Å². The van der Waals surface area contributed by atoms with Crippen LogP contribution >= 0.6 is 0 Å². The zero-order valence-corrected chi connectivity index (χ0v) is 14.3. The molecule has 0 aliphatic heterocycles. The van der Waals surface area contributed by atoms with E-state index in [1.165, 1.54) is 4.90 Å². The van der Waals surface area contributed by atoms with Crippen LogP contribution < -0.4 is 4.74 Å². The van der Waals surface area contributed by atoms with Crippen molar-refractivity contribution < 1.29 is 9.53 Å². The van der Waals surface area contributed by atoms with Gasteiger partial charge in [-0.2, -0.15) is 0 Å². The third-order valence-electron chi connectivity index (χ3n) is 3.90. The number of hydrogen-bond acceptors (Lipinski definition) is 2. The third kappa shape index (κ3) is 3.25. The summed E-state index contributed by atoms with van der Waals surface area (Å²) in [5.41, 5.74) is 1.44. The van der Waals surface area contributed by atoms with E-state index in [1.54, 1.807) is 7.11 Å². The minimum atomic E-state index is 0.0568. The zero-order chi connectivity index (χ0) is 16.4. The van der Waals surface area contributed by atoms with Crippen molar-refractivity contribution in [3.05, 3.63) is 71.8 Å². The summed E-state index contributed by atoms with van der Waals surface area (Å²) >= 11 is 0. The van der Waals surface area contributed by atoms with Gasteiger partial charge in [0.1, 0.15) is 18.3 Å². The molecule has 0 aliphatic rings. The first-order chi connectivity index (χ1) is 11.1. The Balaban J connectivity index is 1.94. The third-order valence-corrected chi connectivity index (χ3v) is 5.11. The lowest BCUT2D eigenvalue weighted by molar-refractivity contribution is 0.103. The fourth-order valence-corrected chi connectivity index (χ4v) is 3.22. The Morgan fingerprint density at radius 3 is 2.09 bits per heavy atom. The number of ketones is 1. The lowest BCUT2D eigenvalue weighted by Crippen LogP contribution is -2.02. The molecule has 0 unspecified atom stereocenters. The molecule has 0 radical (unpaired) electrons. The van der Waals surface area contributed by atoms with Crippen LogP contribution in [0.4, 0.5) is 0 Å².